The predicted octanol–water partition coefficient (Wildman–Crippen LogP) is 2.92. The Kier molecular flexibility index (Phi) is 5.73. The molecule has 2 aromatic carbocycles. The van der Waals surface area contributed by atoms with Gasteiger partial charge in [-0.05, 0) is 42.3 Å². The quantitative estimate of drug-likeness (QED) is 0.718. The van der Waals surface area contributed by atoms with Crippen molar-refractivity contribution < 1.29 is 10.2 Å². The summed E-state index contributed by atoms with van der Waals surface area (Å²) in [5.74, 6) is 0. The van der Waals surface area contributed by atoms with E-state index >= 15 is 0 Å². The van der Waals surface area contributed by atoms with E-state index in [1.807, 2.05) is 49.4 Å². The summed E-state index contributed by atoms with van der Waals surface area (Å²) in [7, 11) is 5.67. The summed E-state index contributed by atoms with van der Waals surface area (Å²) in [6.45, 7) is 2.80. The van der Waals surface area contributed by atoms with E-state index in [1.54, 1.807) is 0 Å². The van der Waals surface area contributed by atoms with Crippen molar-refractivity contribution in [2.45, 2.75) is 29.3 Å². The fraction of sp³-hybridized carbons (Fsp3) is 0.250. The fourth-order valence-electron chi connectivity index (χ4n) is 2.04. The molecule has 0 fully saturated rings. The summed E-state index contributed by atoms with van der Waals surface area (Å²) < 4.78 is 0. The van der Waals surface area contributed by atoms with Gasteiger partial charge >= 0.3 is 0 Å². The Labute approximate surface area is 130 Å². The van der Waals surface area contributed by atoms with Gasteiger partial charge in [0.05, 0.1) is 6.61 Å². The Morgan fingerprint density at radius 2 is 1.95 bits per heavy atom. The van der Waals surface area contributed by atoms with Gasteiger partial charge in [0.25, 0.3) is 0 Å². The highest BCUT2D eigenvalue weighted by molar-refractivity contribution is 7.99. The van der Waals surface area contributed by atoms with Crippen molar-refractivity contribution in [3.63, 3.8) is 0 Å². The second-order valence-corrected chi connectivity index (χ2v) is 5.68. The minimum Gasteiger partial charge on any atom is -0.398 e. The summed E-state index contributed by atoms with van der Waals surface area (Å²) in [6, 6.07) is 12.4. The molecular weight excluding hydrogens is 281 g/mol. The molecule has 1 unspecified atom stereocenters. The monoisotopic (exact) mass is 299 g/mol. The van der Waals surface area contributed by atoms with Gasteiger partial charge in [0.2, 0.25) is 0 Å². The molecule has 0 saturated carbocycles. The minimum absolute atomic E-state index is 0.0147. The molecule has 0 aliphatic rings. The van der Waals surface area contributed by atoms with E-state index in [4.69, 9.17) is 7.85 Å². The molecule has 5 heteroatoms. The van der Waals surface area contributed by atoms with Gasteiger partial charge in [0.15, 0.2) is 0 Å². The number of aliphatic hydroxyl groups is 2. The summed E-state index contributed by atoms with van der Waals surface area (Å²) in [4.78, 5) is 1.84. The summed E-state index contributed by atoms with van der Waals surface area (Å²) >= 11 is 1.49. The zero-order valence-corrected chi connectivity index (χ0v) is 12.7. The van der Waals surface area contributed by atoms with E-state index in [0.717, 1.165) is 27.6 Å². The van der Waals surface area contributed by atoms with Crippen LogP contribution in [-0.2, 0) is 6.61 Å². The zero-order chi connectivity index (χ0) is 15.2. The largest absolute Gasteiger partial charge is 0.398 e. The van der Waals surface area contributed by atoms with Crippen LogP contribution in [0.3, 0.4) is 0 Å². The van der Waals surface area contributed by atoms with Crippen LogP contribution in [-0.4, -0.2) is 24.6 Å². The number of benzene rings is 2. The van der Waals surface area contributed by atoms with Crippen LogP contribution in [0.2, 0.25) is 0 Å². The van der Waals surface area contributed by atoms with Crippen LogP contribution < -0.4 is 5.32 Å². The van der Waals surface area contributed by atoms with Crippen molar-refractivity contribution in [1.82, 2.24) is 0 Å². The molecule has 0 heterocycles. The minimum atomic E-state index is -1.03. The molecule has 108 valence electrons. The van der Waals surface area contributed by atoms with Crippen molar-refractivity contribution in [1.29, 1.82) is 0 Å². The van der Waals surface area contributed by atoms with E-state index in [0.29, 0.717) is 5.56 Å². The SMILES string of the molecule is [B]C(O)c1cc(NCC)ccc1Sc1ccccc1CO. The van der Waals surface area contributed by atoms with E-state index in [-0.39, 0.29) is 6.61 Å². The van der Waals surface area contributed by atoms with Crippen LogP contribution in [0.5, 0.6) is 0 Å². The number of nitrogens with one attached hydrogen (secondary N) is 1. The average molecular weight is 299 g/mol. The maximum atomic E-state index is 9.79. The molecule has 3 nitrogen and oxygen atoms in total. The lowest BCUT2D eigenvalue weighted by molar-refractivity contribution is 0.259. The van der Waals surface area contributed by atoms with Crippen molar-refractivity contribution in [2.75, 3.05) is 11.9 Å². The molecule has 0 saturated heterocycles. The van der Waals surface area contributed by atoms with E-state index in [2.05, 4.69) is 5.32 Å². The first kappa shape index (κ1) is 16.0. The van der Waals surface area contributed by atoms with Crippen LogP contribution in [0.15, 0.2) is 52.3 Å². The average Bonchev–Trinajstić information content (AvgIpc) is 2.49. The molecular formula is C16H18BNO2S. The number of hydrogen-bond acceptors (Lipinski definition) is 4. The number of aliphatic hydroxyl groups excluding tert-OH is 2. The molecule has 0 spiro atoms. The molecule has 0 amide bonds. The molecule has 0 aliphatic heterocycles. The summed E-state index contributed by atoms with van der Waals surface area (Å²) in [6.07, 6.45) is 0. The molecule has 0 aromatic heterocycles. The van der Waals surface area contributed by atoms with Crippen molar-refractivity contribution >= 4 is 25.3 Å². The van der Waals surface area contributed by atoms with E-state index in [9.17, 15) is 10.2 Å². The third-order valence-corrected chi connectivity index (χ3v) is 4.28. The molecule has 2 radical (unpaired) electrons. The Hall–Kier alpha value is -1.43. The van der Waals surface area contributed by atoms with Gasteiger partial charge in [-0.2, -0.15) is 0 Å². The standard InChI is InChI=1S/C16H18BNO2S/c1-2-18-12-7-8-15(13(9-12)16(17)20)21-14-6-4-3-5-11(14)10-19/h3-9,16,18-20H,2,10H2,1H3. The van der Waals surface area contributed by atoms with Crippen LogP contribution in [0.4, 0.5) is 5.69 Å². The normalized spacial score (nSPS) is 12.1. The second-order valence-electron chi connectivity index (χ2n) is 4.60. The molecule has 0 bridgehead atoms. The lowest BCUT2D eigenvalue weighted by Crippen LogP contribution is -2.02. The Morgan fingerprint density at radius 3 is 2.62 bits per heavy atom. The van der Waals surface area contributed by atoms with Crippen LogP contribution >= 0.6 is 11.8 Å². The topological polar surface area (TPSA) is 52.5 Å². The van der Waals surface area contributed by atoms with Gasteiger partial charge in [-0.25, -0.2) is 0 Å². The first-order chi connectivity index (χ1) is 10.2. The zero-order valence-electron chi connectivity index (χ0n) is 11.9. The van der Waals surface area contributed by atoms with Crippen molar-refractivity contribution in [2.24, 2.45) is 0 Å². The predicted molar refractivity (Wildman–Crippen MR) is 87.8 cm³/mol. The summed E-state index contributed by atoms with van der Waals surface area (Å²) in [5, 5.41) is 22.4. The van der Waals surface area contributed by atoms with Crippen molar-refractivity contribution in [3.05, 3.63) is 53.6 Å². The summed E-state index contributed by atoms with van der Waals surface area (Å²) in [5.41, 5.74) is 2.46. The fourth-order valence-corrected chi connectivity index (χ4v) is 3.12. The molecule has 2 rings (SSSR count). The first-order valence-electron chi connectivity index (χ1n) is 6.83. The van der Waals surface area contributed by atoms with E-state index < -0.39 is 6.00 Å². The first-order valence-corrected chi connectivity index (χ1v) is 7.65. The van der Waals surface area contributed by atoms with Gasteiger partial charge in [-0.3, -0.25) is 0 Å². The molecule has 2 aromatic rings. The van der Waals surface area contributed by atoms with Gasteiger partial charge in [-0.15, -0.1) is 0 Å². The van der Waals surface area contributed by atoms with Crippen LogP contribution in [0.25, 0.3) is 0 Å². The Morgan fingerprint density at radius 1 is 1.19 bits per heavy atom. The molecule has 21 heavy (non-hydrogen) atoms. The Bertz CT molecular complexity index is 605. The highest BCUT2D eigenvalue weighted by Gasteiger charge is 2.11. The Balaban J connectivity index is 2.34. The van der Waals surface area contributed by atoms with E-state index in [1.165, 1.54) is 11.8 Å². The van der Waals surface area contributed by atoms with Crippen LogP contribution in [0, 0.1) is 0 Å². The number of anilines is 1. The smallest absolute Gasteiger partial charge is 0.115 e. The van der Waals surface area contributed by atoms with Gasteiger partial charge in [0.1, 0.15) is 7.85 Å². The third-order valence-electron chi connectivity index (χ3n) is 3.07. The maximum absolute atomic E-state index is 9.79. The molecule has 3 N–H and O–H groups in total. The second kappa shape index (κ2) is 7.55. The van der Waals surface area contributed by atoms with Crippen LogP contribution in [0.1, 0.15) is 24.1 Å². The third kappa shape index (κ3) is 4.03. The number of rotatable bonds is 6. The van der Waals surface area contributed by atoms with Crippen molar-refractivity contribution in [3.8, 4) is 0 Å². The highest BCUT2D eigenvalue weighted by Crippen LogP contribution is 2.36. The number of hydrogen-bond donors (Lipinski definition) is 3. The van der Waals surface area contributed by atoms with Gasteiger partial charge in [-0.1, -0.05) is 30.0 Å². The lowest BCUT2D eigenvalue weighted by Gasteiger charge is -2.15. The van der Waals surface area contributed by atoms with Gasteiger partial charge in [0, 0.05) is 28.0 Å². The highest BCUT2D eigenvalue weighted by atomic mass is 32.2. The molecule has 0 aliphatic carbocycles. The molecule has 1 atom stereocenters. The van der Waals surface area contributed by atoms with Gasteiger partial charge < -0.3 is 15.5 Å². The lowest BCUT2D eigenvalue weighted by atomic mass is 9.92. The maximum Gasteiger partial charge on any atom is 0.115 e.